The molecule has 2 aromatic rings. The third-order valence-corrected chi connectivity index (χ3v) is 1.89. The SMILES string of the molecule is Cn1nnc(CNc2ccccc2O)n1. The van der Waals surface area contributed by atoms with Gasteiger partial charge in [-0.3, -0.25) is 0 Å². The van der Waals surface area contributed by atoms with Crippen LogP contribution in [0.4, 0.5) is 5.69 Å². The first kappa shape index (κ1) is 9.45. The monoisotopic (exact) mass is 205 g/mol. The van der Waals surface area contributed by atoms with Crippen molar-refractivity contribution in [1.82, 2.24) is 20.2 Å². The van der Waals surface area contributed by atoms with Crippen molar-refractivity contribution in [3.63, 3.8) is 0 Å². The maximum atomic E-state index is 9.47. The molecule has 1 heterocycles. The molecule has 0 radical (unpaired) electrons. The van der Waals surface area contributed by atoms with Gasteiger partial charge in [0.25, 0.3) is 0 Å². The molecule has 0 saturated carbocycles. The number of rotatable bonds is 3. The third-order valence-electron chi connectivity index (χ3n) is 1.89. The molecule has 6 nitrogen and oxygen atoms in total. The fourth-order valence-corrected chi connectivity index (χ4v) is 1.19. The van der Waals surface area contributed by atoms with E-state index in [0.717, 1.165) is 0 Å². The Hall–Kier alpha value is -2.11. The topological polar surface area (TPSA) is 75.9 Å². The average molecular weight is 205 g/mol. The fourth-order valence-electron chi connectivity index (χ4n) is 1.19. The Morgan fingerprint density at radius 3 is 2.87 bits per heavy atom. The normalized spacial score (nSPS) is 10.2. The van der Waals surface area contributed by atoms with Crippen molar-refractivity contribution < 1.29 is 5.11 Å². The predicted octanol–water partition coefficient (Wildman–Crippen LogP) is 0.528. The highest BCUT2D eigenvalue weighted by molar-refractivity contribution is 5.54. The molecule has 0 aliphatic carbocycles. The summed E-state index contributed by atoms with van der Waals surface area (Å²) < 4.78 is 0. The van der Waals surface area contributed by atoms with Gasteiger partial charge in [-0.25, -0.2) is 0 Å². The van der Waals surface area contributed by atoms with E-state index in [-0.39, 0.29) is 5.75 Å². The third kappa shape index (κ3) is 2.22. The highest BCUT2D eigenvalue weighted by Gasteiger charge is 2.02. The smallest absolute Gasteiger partial charge is 0.193 e. The van der Waals surface area contributed by atoms with Crippen LogP contribution in [0.3, 0.4) is 0 Å². The number of aryl methyl sites for hydroxylation is 1. The first-order valence-electron chi connectivity index (χ1n) is 4.50. The number of aromatic nitrogens is 4. The Labute approximate surface area is 86.5 Å². The van der Waals surface area contributed by atoms with Crippen LogP contribution in [0.15, 0.2) is 24.3 Å². The number of hydrogen-bond acceptors (Lipinski definition) is 5. The molecule has 0 spiro atoms. The number of tetrazole rings is 1. The summed E-state index contributed by atoms with van der Waals surface area (Å²) in [5.74, 6) is 0.794. The molecule has 0 bridgehead atoms. The van der Waals surface area contributed by atoms with E-state index in [1.54, 1.807) is 25.2 Å². The number of nitrogens with one attached hydrogen (secondary N) is 1. The molecule has 0 unspecified atom stereocenters. The predicted molar refractivity (Wildman–Crippen MR) is 54.2 cm³/mol. The molecular weight excluding hydrogens is 194 g/mol. The van der Waals surface area contributed by atoms with Gasteiger partial charge >= 0.3 is 0 Å². The summed E-state index contributed by atoms with van der Waals surface area (Å²) in [6, 6.07) is 7.01. The zero-order chi connectivity index (χ0) is 10.7. The Morgan fingerprint density at radius 2 is 2.20 bits per heavy atom. The van der Waals surface area contributed by atoms with E-state index in [1.807, 2.05) is 6.07 Å². The molecule has 1 aromatic carbocycles. The van der Waals surface area contributed by atoms with Crippen LogP contribution in [0.25, 0.3) is 0 Å². The molecule has 6 heteroatoms. The number of para-hydroxylation sites is 2. The summed E-state index contributed by atoms with van der Waals surface area (Å²) in [5, 5.41) is 24.0. The number of phenols is 1. The van der Waals surface area contributed by atoms with Crippen molar-refractivity contribution in [2.75, 3.05) is 5.32 Å². The second-order valence-electron chi connectivity index (χ2n) is 3.07. The molecule has 2 rings (SSSR count). The van der Waals surface area contributed by atoms with Crippen molar-refractivity contribution in [3.8, 4) is 5.75 Å². The largest absolute Gasteiger partial charge is 0.506 e. The van der Waals surface area contributed by atoms with Crippen molar-refractivity contribution in [2.45, 2.75) is 6.54 Å². The summed E-state index contributed by atoms with van der Waals surface area (Å²) in [4.78, 5) is 1.39. The number of aromatic hydroxyl groups is 1. The summed E-state index contributed by atoms with van der Waals surface area (Å²) in [7, 11) is 1.70. The van der Waals surface area contributed by atoms with Gasteiger partial charge < -0.3 is 10.4 Å². The van der Waals surface area contributed by atoms with Gasteiger partial charge in [0, 0.05) is 0 Å². The van der Waals surface area contributed by atoms with Gasteiger partial charge in [-0.1, -0.05) is 12.1 Å². The molecular formula is C9H11N5O. The Bertz CT molecular complexity index is 453. The summed E-state index contributed by atoms with van der Waals surface area (Å²) in [6.45, 7) is 0.436. The van der Waals surface area contributed by atoms with E-state index >= 15 is 0 Å². The lowest BCUT2D eigenvalue weighted by Crippen LogP contribution is -2.02. The molecule has 0 amide bonds. The van der Waals surface area contributed by atoms with Crippen LogP contribution in [-0.4, -0.2) is 25.3 Å². The second kappa shape index (κ2) is 3.95. The van der Waals surface area contributed by atoms with Crippen LogP contribution < -0.4 is 5.32 Å². The van der Waals surface area contributed by atoms with Gasteiger partial charge in [0.1, 0.15) is 5.75 Å². The lowest BCUT2D eigenvalue weighted by atomic mass is 10.3. The van der Waals surface area contributed by atoms with Gasteiger partial charge in [-0.05, 0) is 17.3 Å². The lowest BCUT2D eigenvalue weighted by molar-refractivity contribution is 0.477. The summed E-state index contributed by atoms with van der Waals surface area (Å²) >= 11 is 0. The van der Waals surface area contributed by atoms with Crippen molar-refractivity contribution >= 4 is 5.69 Å². The lowest BCUT2D eigenvalue weighted by Gasteiger charge is -2.04. The van der Waals surface area contributed by atoms with Crippen LogP contribution in [0.2, 0.25) is 0 Å². The van der Waals surface area contributed by atoms with Crippen LogP contribution in [-0.2, 0) is 13.6 Å². The minimum Gasteiger partial charge on any atom is -0.506 e. The van der Waals surface area contributed by atoms with Crippen LogP contribution in [0, 0.1) is 0 Å². The Morgan fingerprint density at radius 1 is 1.40 bits per heavy atom. The molecule has 0 aliphatic heterocycles. The van der Waals surface area contributed by atoms with Crippen molar-refractivity contribution in [3.05, 3.63) is 30.1 Å². The maximum absolute atomic E-state index is 9.47. The zero-order valence-electron chi connectivity index (χ0n) is 8.25. The minimum atomic E-state index is 0.210. The molecule has 15 heavy (non-hydrogen) atoms. The van der Waals surface area contributed by atoms with E-state index in [9.17, 15) is 5.11 Å². The second-order valence-corrected chi connectivity index (χ2v) is 3.07. The van der Waals surface area contributed by atoms with Crippen molar-refractivity contribution in [1.29, 1.82) is 0 Å². The molecule has 0 fully saturated rings. The maximum Gasteiger partial charge on any atom is 0.193 e. The number of anilines is 1. The van der Waals surface area contributed by atoms with Crippen molar-refractivity contribution in [2.24, 2.45) is 7.05 Å². The number of nitrogens with zero attached hydrogens (tertiary/aromatic N) is 4. The van der Waals surface area contributed by atoms with E-state index in [0.29, 0.717) is 18.1 Å². The number of phenolic OH excluding ortho intramolecular Hbond substituents is 1. The van der Waals surface area contributed by atoms with Gasteiger partial charge in [0.2, 0.25) is 0 Å². The van der Waals surface area contributed by atoms with Crippen LogP contribution in [0.5, 0.6) is 5.75 Å². The van der Waals surface area contributed by atoms with E-state index < -0.39 is 0 Å². The quantitative estimate of drug-likeness (QED) is 0.715. The molecule has 0 aliphatic rings. The van der Waals surface area contributed by atoms with Crippen LogP contribution >= 0.6 is 0 Å². The standard InChI is InChI=1S/C9H11N5O/c1-14-12-9(11-13-14)6-10-7-4-2-3-5-8(7)15/h2-5,10,15H,6H2,1H3. The first-order valence-corrected chi connectivity index (χ1v) is 4.50. The molecule has 2 N–H and O–H groups in total. The molecule has 0 atom stereocenters. The summed E-state index contributed by atoms with van der Waals surface area (Å²) in [5.41, 5.74) is 0.657. The number of benzene rings is 1. The average Bonchev–Trinajstić information content (AvgIpc) is 2.63. The number of hydrogen-bond donors (Lipinski definition) is 2. The zero-order valence-corrected chi connectivity index (χ0v) is 8.25. The van der Waals surface area contributed by atoms with Gasteiger partial charge in [0.05, 0.1) is 19.3 Å². The van der Waals surface area contributed by atoms with Gasteiger partial charge in [-0.15, -0.1) is 10.2 Å². The van der Waals surface area contributed by atoms with Gasteiger partial charge in [-0.2, -0.15) is 4.80 Å². The van der Waals surface area contributed by atoms with E-state index in [2.05, 4.69) is 20.7 Å². The highest BCUT2D eigenvalue weighted by Crippen LogP contribution is 2.21. The highest BCUT2D eigenvalue weighted by atomic mass is 16.3. The van der Waals surface area contributed by atoms with E-state index in [1.165, 1.54) is 4.80 Å². The Kier molecular flexibility index (Phi) is 2.49. The van der Waals surface area contributed by atoms with Crippen LogP contribution in [0.1, 0.15) is 5.82 Å². The minimum absolute atomic E-state index is 0.210. The van der Waals surface area contributed by atoms with E-state index in [4.69, 9.17) is 0 Å². The summed E-state index contributed by atoms with van der Waals surface area (Å²) in [6.07, 6.45) is 0. The molecule has 78 valence electrons. The Balaban J connectivity index is 2.02. The fraction of sp³-hybridized carbons (Fsp3) is 0.222. The molecule has 1 aromatic heterocycles. The molecule has 0 saturated heterocycles. The van der Waals surface area contributed by atoms with Gasteiger partial charge in [0.15, 0.2) is 5.82 Å². The first-order chi connectivity index (χ1) is 7.25.